The zero-order chi connectivity index (χ0) is 13.5. The highest BCUT2D eigenvalue weighted by molar-refractivity contribution is 9.10. The van der Waals surface area contributed by atoms with Gasteiger partial charge in [0.15, 0.2) is 0 Å². The number of hydrogen-bond donors (Lipinski definition) is 1. The normalized spacial score (nSPS) is 22.3. The fourth-order valence-corrected chi connectivity index (χ4v) is 2.75. The monoisotopic (exact) mass is 314 g/mol. The van der Waals surface area contributed by atoms with Crippen LogP contribution in [0.5, 0.6) is 0 Å². The Bertz CT molecular complexity index is 522. The van der Waals surface area contributed by atoms with E-state index < -0.39 is 0 Å². The van der Waals surface area contributed by atoms with Crippen LogP contribution in [0, 0.1) is 6.92 Å². The van der Waals surface area contributed by atoms with Gasteiger partial charge in [0.2, 0.25) is 0 Å². The summed E-state index contributed by atoms with van der Waals surface area (Å²) in [6.07, 6.45) is 3.79. The number of nitrogens with zero attached hydrogens (tertiary/aromatic N) is 1. The van der Waals surface area contributed by atoms with Gasteiger partial charge in [-0.25, -0.2) is 0 Å². The number of halogens is 1. The number of ether oxygens (including phenoxy) is 1. The number of aromatic nitrogens is 1. The van der Waals surface area contributed by atoms with E-state index in [1.807, 2.05) is 6.92 Å². The maximum absolute atomic E-state index is 12.1. The Hall–Kier alpha value is -0.810. The first-order chi connectivity index (χ1) is 8.30. The van der Waals surface area contributed by atoms with Crippen LogP contribution in [-0.4, -0.2) is 16.3 Å². The molecule has 18 heavy (non-hydrogen) atoms. The molecule has 2 rings (SSSR count). The summed E-state index contributed by atoms with van der Waals surface area (Å²) < 4.78 is 8.08. The zero-order valence-corrected chi connectivity index (χ0v) is 12.6. The Kier molecular flexibility index (Phi) is 3.56. The maximum Gasteiger partial charge on any atom is 0.265 e. The zero-order valence-electron chi connectivity index (χ0n) is 11.0. The molecule has 0 aliphatic carbocycles. The summed E-state index contributed by atoms with van der Waals surface area (Å²) in [5.74, 6) is 0. The third-order valence-electron chi connectivity index (χ3n) is 3.46. The third-order valence-corrected chi connectivity index (χ3v) is 4.39. The topological polar surface area (TPSA) is 57.2 Å². The molecule has 0 bridgehead atoms. The van der Waals surface area contributed by atoms with Crippen molar-refractivity contribution < 1.29 is 4.74 Å². The standard InChI is InChI=1S/C13H19BrN2O2/c1-8-10(15)7-16(12(17)11(8)14)6-9-4-5-13(2,3)18-9/h7,9H,4-6,15H2,1-3H3. The molecule has 5 heteroatoms. The summed E-state index contributed by atoms with van der Waals surface area (Å²) in [6.45, 7) is 6.55. The van der Waals surface area contributed by atoms with E-state index in [1.54, 1.807) is 10.8 Å². The second-order valence-electron chi connectivity index (χ2n) is 5.52. The maximum atomic E-state index is 12.1. The van der Waals surface area contributed by atoms with Crippen molar-refractivity contribution in [2.24, 2.45) is 0 Å². The third kappa shape index (κ3) is 2.62. The Morgan fingerprint density at radius 1 is 1.61 bits per heavy atom. The number of nitrogen functional groups attached to an aromatic ring is 1. The molecule has 1 aliphatic heterocycles. The first kappa shape index (κ1) is 13.6. The van der Waals surface area contributed by atoms with Crippen LogP contribution in [0.3, 0.4) is 0 Å². The first-order valence-corrected chi connectivity index (χ1v) is 6.92. The molecule has 0 radical (unpaired) electrons. The van der Waals surface area contributed by atoms with E-state index in [0.717, 1.165) is 18.4 Å². The fraction of sp³-hybridized carbons (Fsp3) is 0.615. The number of pyridine rings is 1. The highest BCUT2D eigenvalue weighted by Gasteiger charge is 2.31. The molecule has 1 aromatic rings. The quantitative estimate of drug-likeness (QED) is 0.912. The van der Waals surface area contributed by atoms with Crippen molar-refractivity contribution in [1.82, 2.24) is 4.57 Å². The van der Waals surface area contributed by atoms with E-state index in [1.165, 1.54) is 0 Å². The molecule has 2 heterocycles. The van der Waals surface area contributed by atoms with Crippen molar-refractivity contribution in [2.75, 3.05) is 5.73 Å². The number of hydrogen-bond acceptors (Lipinski definition) is 3. The average Bonchev–Trinajstić information content (AvgIpc) is 2.63. The van der Waals surface area contributed by atoms with Gasteiger partial charge in [0.25, 0.3) is 5.56 Å². The molecule has 1 atom stereocenters. The average molecular weight is 315 g/mol. The number of rotatable bonds is 2. The van der Waals surface area contributed by atoms with Gasteiger partial charge in [0.1, 0.15) is 0 Å². The predicted molar refractivity (Wildman–Crippen MR) is 75.7 cm³/mol. The van der Waals surface area contributed by atoms with Crippen molar-refractivity contribution >= 4 is 21.6 Å². The summed E-state index contributed by atoms with van der Waals surface area (Å²) in [4.78, 5) is 12.1. The first-order valence-electron chi connectivity index (χ1n) is 6.13. The molecule has 0 saturated carbocycles. The van der Waals surface area contributed by atoms with Crippen molar-refractivity contribution in [2.45, 2.75) is 51.9 Å². The van der Waals surface area contributed by atoms with Crippen molar-refractivity contribution in [1.29, 1.82) is 0 Å². The van der Waals surface area contributed by atoms with E-state index in [2.05, 4.69) is 29.8 Å². The van der Waals surface area contributed by atoms with Crippen molar-refractivity contribution in [3.05, 3.63) is 26.6 Å². The second kappa shape index (κ2) is 4.70. The van der Waals surface area contributed by atoms with E-state index in [4.69, 9.17) is 10.5 Å². The van der Waals surface area contributed by atoms with Gasteiger partial charge in [0.05, 0.1) is 28.4 Å². The lowest BCUT2D eigenvalue weighted by Gasteiger charge is -2.20. The van der Waals surface area contributed by atoms with Crippen LogP contribution >= 0.6 is 15.9 Å². The second-order valence-corrected chi connectivity index (χ2v) is 6.31. The summed E-state index contributed by atoms with van der Waals surface area (Å²) >= 11 is 3.30. The lowest BCUT2D eigenvalue weighted by atomic mass is 10.1. The summed E-state index contributed by atoms with van der Waals surface area (Å²) in [6, 6.07) is 0. The van der Waals surface area contributed by atoms with Gasteiger partial charge in [-0.2, -0.15) is 0 Å². The Balaban J connectivity index is 2.23. The van der Waals surface area contributed by atoms with Gasteiger partial charge in [0, 0.05) is 6.20 Å². The molecule has 1 unspecified atom stereocenters. The molecule has 100 valence electrons. The number of nitrogens with two attached hydrogens (primary N) is 1. The van der Waals surface area contributed by atoms with Gasteiger partial charge in [-0.3, -0.25) is 4.79 Å². The largest absolute Gasteiger partial charge is 0.397 e. The minimum atomic E-state index is -0.0816. The smallest absolute Gasteiger partial charge is 0.265 e. The van der Waals surface area contributed by atoms with Gasteiger partial charge in [-0.05, 0) is 55.1 Å². The highest BCUT2D eigenvalue weighted by Crippen LogP contribution is 2.30. The summed E-state index contributed by atoms with van der Waals surface area (Å²) in [5, 5.41) is 0. The summed E-state index contributed by atoms with van der Waals surface area (Å²) in [7, 11) is 0. The van der Waals surface area contributed by atoms with E-state index >= 15 is 0 Å². The van der Waals surface area contributed by atoms with Crippen molar-refractivity contribution in [3.8, 4) is 0 Å². The Morgan fingerprint density at radius 2 is 2.28 bits per heavy atom. The predicted octanol–water partition coefficient (Wildman–Crippen LogP) is 2.46. The molecule has 0 amide bonds. The highest BCUT2D eigenvalue weighted by atomic mass is 79.9. The summed E-state index contributed by atoms with van der Waals surface area (Å²) in [5.41, 5.74) is 7.18. The van der Waals surface area contributed by atoms with E-state index in [-0.39, 0.29) is 17.3 Å². The van der Waals surface area contributed by atoms with Crippen LogP contribution in [0.2, 0.25) is 0 Å². The van der Waals surface area contributed by atoms with Crippen LogP contribution in [0.25, 0.3) is 0 Å². The van der Waals surface area contributed by atoms with E-state index in [9.17, 15) is 4.79 Å². The van der Waals surface area contributed by atoms with Gasteiger partial charge >= 0.3 is 0 Å². The Labute approximate surface area is 115 Å². The molecule has 1 saturated heterocycles. The molecule has 1 aliphatic rings. The molecular weight excluding hydrogens is 296 g/mol. The van der Waals surface area contributed by atoms with Crippen LogP contribution in [0.1, 0.15) is 32.3 Å². The van der Waals surface area contributed by atoms with Gasteiger partial charge in [-0.15, -0.1) is 0 Å². The molecule has 1 aromatic heterocycles. The fourth-order valence-electron chi connectivity index (χ4n) is 2.30. The molecule has 0 aromatic carbocycles. The minimum Gasteiger partial charge on any atom is -0.397 e. The van der Waals surface area contributed by atoms with Crippen LogP contribution in [0.4, 0.5) is 5.69 Å². The van der Waals surface area contributed by atoms with E-state index in [0.29, 0.717) is 16.7 Å². The van der Waals surface area contributed by atoms with Gasteiger partial charge < -0.3 is 15.0 Å². The molecule has 2 N–H and O–H groups in total. The Morgan fingerprint density at radius 3 is 2.83 bits per heavy atom. The van der Waals surface area contributed by atoms with Crippen molar-refractivity contribution in [3.63, 3.8) is 0 Å². The van der Waals surface area contributed by atoms with Crippen LogP contribution in [0.15, 0.2) is 15.5 Å². The molecule has 0 spiro atoms. The lowest BCUT2D eigenvalue weighted by Crippen LogP contribution is -2.29. The molecule has 4 nitrogen and oxygen atoms in total. The minimum absolute atomic E-state index is 0.0463. The SMILES string of the molecule is Cc1c(N)cn(CC2CCC(C)(C)O2)c(=O)c1Br. The van der Waals surface area contributed by atoms with Crippen LogP contribution < -0.4 is 11.3 Å². The van der Waals surface area contributed by atoms with Gasteiger partial charge in [-0.1, -0.05) is 0 Å². The molecular formula is C13H19BrN2O2. The number of anilines is 1. The lowest BCUT2D eigenvalue weighted by molar-refractivity contribution is -0.0220. The molecule has 1 fully saturated rings. The van der Waals surface area contributed by atoms with Crippen LogP contribution in [-0.2, 0) is 11.3 Å².